The van der Waals surface area contributed by atoms with Gasteiger partial charge in [-0.15, -0.1) is 0 Å². The maximum atomic E-state index is 2.46. The predicted octanol–water partition coefficient (Wildman–Crippen LogP) is 7.21. The zero-order valence-electron chi connectivity index (χ0n) is 16.6. The van der Waals surface area contributed by atoms with Gasteiger partial charge in [-0.25, -0.2) is 0 Å². The maximum absolute atomic E-state index is 2.46. The third kappa shape index (κ3) is 6.97. The minimum Gasteiger partial charge on any atom is -0.0654 e. The molecule has 2 aromatic carbocycles. The highest BCUT2D eigenvalue weighted by Gasteiger charge is 2.15. The standard InChI is InChI=1S/C24H38Si/c1-3-5-7-9-13-20-25(21-14-10-8-6-4-2)24-19-15-17-22-16-11-12-18-23(22)24/h11-12,15-19,25H,3-10,13-14,20-21H2,1-2H3. The van der Waals surface area contributed by atoms with Crippen LogP contribution in [0, 0.1) is 0 Å². The van der Waals surface area contributed by atoms with Gasteiger partial charge in [0.15, 0.2) is 0 Å². The molecule has 0 aliphatic carbocycles. The van der Waals surface area contributed by atoms with E-state index in [1.807, 2.05) is 0 Å². The molecule has 2 aromatic rings. The molecule has 0 saturated heterocycles. The molecule has 2 rings (SSSR count). The third-order valence-corrected chi connectivity index (χ3v) is 9.17. The van der Waals surface area contributed by atoms with Gasteiger partial charge in [-0.05, 0) is 10.8 Å². The lowest BCUT2D eigenvalue weighted by molar-refractivity contribution is 0.646. The van der Waals surface area contributed by atoms with Crippen LogP contribution in [-0.2, 0) is 0 Å². The Bertz CT molecular complexity index is 570. The Morgan fingerprint density at radius 3 is 1.80 bits per heavy atom. The van der Waals surface area contributed by atoms with Crippen molar-refractivity contribution in [2.75, 3.05) is 0 Å². The van der Waals surface area contributed by atoms with Gasteiger partial charge in [0.1, 0.15) is 0 Å². The predicted molar refractivity (Wildman–Crippen MR) is 118 cm³/mol. The van der Waals surface area contributed by atoms with Crippen LogP contribution < -0.4 is 5.19 Å². The van der Waals surface area contributed by atoms with Crippen LogP contribution in [0.15, 0.2) is 42.5 Å². The molecule has 0 N–H and O–H groups in total. The van der Waals surface area contributed by atoms with Gasteiger partial charge in [-0.1, -0.05) is 138 Å². The van der Waals surface area contributed by atoms with Gasteiger partial charge < -0.3 is 0 Å². The Balaban J connectivity index is 2.01. The van der Waals surface area contributed by atoms with E-state index in [2.05, 4.69) is 56.3 Å². The first kappa shape index (κ1) is 20.2. The quantitative estimate of drug-likeness (QED) is 0.263. The van der Waals surface area contributed by atoms with Crippen LogP contribution in [0.2, 0.25) is 12.1 Å². The van der Waals surface area contributed by atoms with E-state index < -0.39 is 8.80 Å². The molecule has 0 amide bonds. The molecule has 0 unspecified atom stereocenters. The van der Waals surface area contributed by atoms with E-state index in [0.29, 0.717) is 0 Å². The molecule has 0 aliphatic heterocycles. The SMILES string of the molecule is CCCCCCC[SiH](CCCCCCC)c1cccc2ccccc12. The third-order valence-electron chi connectivity index (χ3n) is 5.58. The molecule has 25 heavy (non-hydrogen) atoms. The molecule has 0 saturated carbocycles. The molecule has 0 nitrogen and oxygen atoms in total. The average molecular weight is 355 g/mol. The summed E-state index contributed by atoms with van der Waals surface area (Å²) in [6.07, 6.45) is 14.2. The molecule has 0 radical (unpaired) electrons. The van der Waals surface area contributed by atoms with E-state index in [4.69, 9.17) is 0 Å². The maximum Gasteiger partial charge on any atom is 0.0716 e. The van der Waals surface area contributed by atoms with Gasteiger partial charge in [0.2, 0.25) is 0 Å². The normalized spacial score (nSPS) is 11.5. The van der Waals surface area contributed by atoms with Crippen molar-refractivity contribution in [1.82, 2.24) is 0 Å². The molecule has 0 atom stereocenters. The van der Waals surface area contributed by atoms with Crippen molar-refractivity contribution in [3.05, 3.63) is 42.5 Å². The van der Waals surface area contributed by atoms with Gasteiger partial charge in [0.05, 0.1) is 8.80 Å². The van der Waals surface area contributed by atoms with Gasteiger partial charge in [-0.2, -0.15) is 0 Å². The summed E-state index contributed by atoms with van der Waals surface area (Å²) in [5.74, 6) is 0. The summed E-state index contributed by atoms with van der Waals surface area (Å²) in [5, 5.41) is 4.72. The van der Waals surface area contributed by atoms with Crippen LogP contribution >= 0.6 is 0 Å². The number of rotatable bonds is 13. The largest absolute Gasteiger partial charge is 0.0716 e. The van der Waals surface area contributed by atoms with E-state index in [1.54, 1.807) is 10.6 Å². The van der Waals surface area contributed by atoms with E-state index in [-0.39, 0.29) is 0 Å². The molecular formula is C24H38Si. The second-order valence-electron chi connectivity index (χ2n) is 7.67. The van der Waals surface area contributed by atoms with E-state index in [9.17, 15) is 0 Å². The summed E-state index contributed by atoms with van der Waals surface area (Å²) in [6, 6.07) is 19.1. The number of hydrogen-bond donors (Lipinski definition) is 0. The molecule has 0 aliphatic rings. The summed E-state index contributed by atoms with van der Waals surface area (Å²) >= 11 is 0. The van der Waals surface area contributed by atoms with Gasteiger partial charge in [0.25, 0.3) is 0 Å². The average Bonchev–Trinajstić information content (AvgIpc) is 2.65. The minimum atomic E-state index is -0.845. The smallest absolute Gasteiger partial charge is 0.0654 e. The molecular weight excluding hydrogens is 316 g/mol. The molecule has 0 heterocycles. The van der Waals surface area contributed by atoms with Gasteiger partial charge in [0, 0.05) is 0 Å². The monoisotopic (exact) mass is 354 g/mol. The molecule has 1 heteroatoms. The first-order valence-electron chi connectivity index (χ1n) is 10.8. The van der Waals surface area contributed by atoms with Crippen molar-refractivity contribution in [3.63, 3.8) is 0 Å². The minimum absolute atomic E-state index is 0.845. The fourth-order valence-corrected chi connectivity index (χ4v) is 7.61. The van der Waals surface area contributed by atoms with Crippen molar-refractivity contribution in [2.45, 2.75) is 90.1 Å². The molecule has 138 valence electrons. The van der Waals surface area contributed by atoms with E-state index in [0.717, 1.165) is 0 Å². The van der Waals surface area contributed by atoms with Crippen LogP contribution in [0.5, 0.6) is 0 Å². The number of unbranched alkanes of at least 4 members (excludes halogenated alkanes) is 8. The van der Waals surface area contributed by atoms with Crippen LogP contribution in [-0.4, -0.2) is 8.80 Å². The zero-order chi connectivity index (χ0) is 17.7. The van der Waals surface area contributed by atoms with Crippen molar-refractivity contribution >= 4 is 24.8 Å². The highest BCUT2D eigenvalue weighted by molar-refractivity contribution is 6.75. The Morgan fingerprint density at radius 1 is 0.600 bits per heavy atom. The fourth-order valence-electron chi connectivity index (χ4n) is 4.05. The van der Waals surface area contributed by atoms with Crippen molar-refractivity contribution in [1.29, 1.82) is 0 Å². The second kappa shape index (κ2) is 12.3. The van der Waals surface area contributed by atoms with Crippen LogP contribution in [0.3, 0.4) is 0 Å². The molecule has 0 fully saturated rings. The van der Waals surface area contributed by atoms with Crippen molar-refractivity contribution < 1.29 is 0 Å². The van der Waals surface area contributed by atoms with Crippen LogP contribution in [0.25, 0.3) is 10.8 Å². The van der Waals surface area contributed by atoms with Crippen molar-refractivity contribution in [3.8, 4) is 0 Å². The lowest BCUT2D eigenvalue weighted by atomic mass is 10.1. The molecule has 0 spiro atoms. The number of hydrogen-bond acceptors (Lipinski definition) is 0. The van der Waals surface area contributed by atoms with Crippen LogP contribution in [0.1, 0.15) is 78.1 Å². The van der Waals surface area contributed by atoms with E-state index >= 15 is 0 Å². The fraction of sp³-hybridized carbons (Fsp3) is 0.583. The summed E-state index contributed by atoms with van der Waals surface area (Å²) in [7, 11) is -0.845. The second-order valence-corrected chi connectivity index (χ2v) is 10.8. The zero-order valence-corrected chi connectivity index (χ0v) is 17.8. The summed E-state index contributed by atoms with van der Waals surface area (Å²) in [5.41, 5.74) is 0. The Kier molecular flexibility index (Phi) is 9.95. The Labute approximate surface area is 157 Å². The molecule has 0 aromatic heterocycles. The first-order valence-corrected chi connectivity index (χ1v) is 13.1. The Hall–Kier alpha value is -1.08. The van der Waals surface area contributed by atoms with Gasteiger partial charge >= 0.3 is 0 Å². The van der Waals surface area contributed by atoms with Gasteiger partial charge in [-0.3, -0.25) is 0 Å². The summed E-state index contributed by atoms with van der Waals surface area (Å²) in [4.78, 5) is 0. The number of benzene rings is 2. The molecule has 0 bridgehead atoms. The van der Waals surface area contributed by atoms with E-state index in [1.165, 1.54) is 81.7 Å². The topological polar surface area (TPSA) is 0 Å². The lowest BCUT2D eigenvalue weighted by Crippen LogP contribution is -2.30. The summed E-state index contributed by atoms with van der Waals surface area (Å²) < 4.78 is 0. The lowest BCUT2D eigenvalue weighted by Gasteiger charge is -2.18. The van der Waals surface area contributed by atoms with Crippen LogP contribution in [0.4, 0.5) is 0 Å². The Morgan fingerprint density at radius 2 is 1.16 bits per heavy atom. The highest BCUT2D eigenvalue weighted by Crippen LogP contribution is 2.19. The van der Waals surface area contributed by atoms with Crippen molar-refractivity contribution in [2.24, 2.45) is 0 Å². The highest BCUT2D eigenvalue weighted by atomic mass is 28.3. The summed E-state index contributed by atoms with van der Waals surface area (Å²) in [6.45, 7) is 4.62. The number of fused-ring (bicyclic) bond motifs is 1. The first-order chi connectivity index (χ1) is 12.4.